The van der Waals surface area contributed by atoms with Gasteiger partial charge in [0.1, 0.15) is 0 Å². The molecule has 2 atom stereocenters. The number of halogens is 2. The Balaban J connectivity index is 3.64. The second-order valence-electron chi connectivity index (χ2n) is 1.91. The number of alkyl halides is 1. The Bertz CT molecular complexity index is 86.5. The van der Waals surface area contributed by atoms with E-state index in [4.69, 9.17) is 0 Å². The molecule has 0 N–H and O–H groups in total. The summed E-state index contributed by atoms with van der Waals surface area (Å²) in [6.45, 7) is 7.99. The third-order valence-corrected chi connectivity index (χ3v) is 2.70. The van der Waals surface area contributed by atoms with Gasteiger partial charge in [-0.3, -0.25) is 0 Å². The van der Waals surface area contributed by atoms with Gasteiger partial charge in [-0.2, -0.15) is 0 Å². The van der Waals surface area contributed by atoms with Gasteiger partial charge in [0.2, 0.25) is 0 Å². The summed E-state index contributed by atoms with van der Waals surface area (Å²) in [5.74, 6) is 0.509. The first-order valence-electron chi connectivity index (χ1n) is 2.54. The Kier molecular flexibility index (Phi) is 4.00. The standard InChI is InChI=1S/C6H10Br2/c1-4(5(2)7)6(3)8/h4,6H,2H2,1,3H3/t4-,6?/m1/s1. The van der Waals surface area contributed by atoms with Crippen molar-refractivity contribution in [3.05, 3.63) is 11.1 Å². The van der Waals surface area contributed by atoms with Gasteiger partial charge in [0.15, 0.2) is 0 Å². The lowest BCUT2D eigenvalue weighted by molar-refractivity contribution is 0.720. The number of hydrogen-bond acceptors (Lipinski definition) is 0. The zero-order chi connectivity index (χ0) is 6.73. The molecule has 0 nitrogen and oxygen atoms in total. The van der Waals surface area contributed by atoms with E-state index in [0.717, 1.165) is 4.48 Å². The summed E-state index contributed by atoms with van der Waals surface area (Å²) in [7, 11) is 0. The summed E-state index contributed by atoms with van der Waals surface area (Å²) in [6, 6.07) is 0. The molecule has 0 saturated carbocycles. The zero-order valence-electron chi connectivity index (χ0n) is 5.12. The van der Waals surface area contributed by atoms with Crippen molar-refractivity contribution in [3.8, 4) is 0 Å². The first-order chi connectivity index (χ1) is 3.55. The predicted molar refractivity (Wildman–Crippen MR) is 45.6 cm³/mol. The maximum Gasteiger partial charge on any atom is 0.0188 e. The average Bonchev–Trinajstić information content (AvgIpc) is 1.64. The molecule has 0 aromatic rings. The van der Waals surface area contributed by atoms with E-state index in [2.05, 4.69) is 52.3 Å². The number of rotatable bonds is 2. The molecule has 0 saturated heterocycles. The largest absolute Gasteiger partial charge is 0.0887 e. The molecule has 0 aliphatic carbocycles. The third kappa shape index (κ3) is 2.88. The molecule has 0 bridgehead atoms. The minimum absolute atomic E-state index is 0.509. The van der Waals surface area contributed by atoms with E-state index < -0.39 is 0 Å². The lowest BCUT2D eigenvalue weighted by Gasteiger charge is -2.10. The normalized spacial score (nSPS) is 17.5. The molecule has 0 fully saturated rings. The van der Waals surface area contributed by atoms with Gasteiger partial charge in [0.05, 0.1) is 0 Å². The molecule has 0 aromatic carbocycles. The second-order valence-corrected chi connectivity index (χ2v) is 4.38. The summed E-state index contributed by atoms with van der Waals surface area (Å²) in [5, 5.41) is 0. The van der Waals surface area contributed by atoms with Gasteiger partial charge in [-0.25, -0.2) is 0 Å². The van der Waals surface area contributed by atoms with Gasteiger partial charge in [0, 0.05) is 4.83 Å². The Labute approximate surface area is 67.6 Å². The van der Waals surface area contributed by atoms with Crippen molar-refractivity contribution in [1.82, 2.24) is 0 Å². The molecule has 0 amide bonds. The van der Waals surface area contributed by atoms with Crippen LogP contribution in [0, 0.1) is 5.92 Å². The van der Waals surface area contributed by atoms with Gasteiger partial charge in [0.25, 0.3) is 0 Å². The summed E-state index contributed by atoms with van der Waals surface area (Å²) < 4.78 is 1.06. The lowest BCUT2D eigenvalue weighted by atomic mass is 10.1. The van der Waals surface area contributed by atoms with Crippen LogP contribution in [-0.2, 0) is 0 Å². The van der Waals surface area contributed by atoms with Gasteiger partial charge < -0.3 is 0 Å². The van der Waals surface area contributed by atoms with Gasteiger partial charge in [-0.05, 0) is 10.4 Å². The summed E-state index contributed by atoms with van der Waals surface area (Å²) in [5.41, 5.74) is 0. The fourth-order valence-corrected chi connectivity index (χ4v) is 1.32. The van der Waals surface area contributed by atoms with Crippen molar-refractivity contribution >= 4 is 31.9 Å². The quantitative estimate of drug-likeness (QED) is 0.651. The average molecular weight is 242 g/mol. The molecule has 2 heteroatoms. The van der Waals surface area contributed by atoms with Crippen molar-refractivity contribution in [2.75, 3.05) is 0 Å². The van der Waals surface area contributed by atoms with Crippen LogP contribution in [0.3, 0.4) is 0 Å². The maximum atomic E-state index is 3.76. The molecule has 0 rings (SSSR count). The fraction of sp³-hybridized carbons (Fsp3) is 0.667. The van der Waals surface area contributed by atoms with Crippen LogP contribution in [0.25, 0.3) is 0 Å². The van der Waals surface area contributed by atoms with E-state index >= 15 is 0 Å². The summed E-state index contributed by atoms with van der Waals surface area (Å²) in [6.07, 6.45) is 0. The van der Waals surface area contributed by atoms with Gasteiger partial charge in [-0.1, -0.05) is 52.3 Å². The Hall–Kier alpha value is 0.700. The number of allylic oxidation sites excluding steroid dienone is 1. The molecule has 0 spiro atoms. The molecule has 0 aliphatic heterocycles. The molecule has 0 aliphatic rings. The van der Waals surface area contributed by atoms with Crippen molar-refractivity contribution in [2.24, 2.45) is 5.92 Å². The number of hydrogen-bond donors (Lipinski definition) is 0. The predicted octanol–water partition coefficient (Wildman–Crippen LogP) is 3.31. The summed E-state index contributed by atoms with van der Waals surface area (Å²) in [4.78, 5) is 0.509. The van der Waals surface area contributed by atoms with Crippen LogP contribution in [-0.4, -0.2) is 4.83 Å². The fourth-order valence-electron chi connectivity index (χ4n) is 0.249. The summed E-state index contributed by atoms with van der Waals surface area (Å²) >= 11 is 6.77. The molecule has 8 heavy (non-hydrogen) atoms. The highest BCUT2D eigenvalue weighted by atomic mass is 79.9. The van der Waals surface area contributed by atoms with Crippen molar-refractivity contribution in [1.29, 1.82) is 0 Å². The van der Waals surface area contributed by atoms with E-state index in [1.54, 1.807) is 0 Å². The highest BCUT2D eigenvalue weighted by Gasteiger charge is 2.08. The SMILES string of the molecule is C=C(Br)[C@@H](C)C(C)Br. The van der Waals surface area contributed by atoms with E-state index in [9.17, 15) is 0 Å². The van der Waals surface area contributed by atoms with Gasteiger partial charge >= 0.3 is 0 Å². The molecule has 48 valence electrons. The molecule has 0 radical (unpaired) electrons. The zero-order valence-corrected chi connectivity index (χ0v) is 8.29. The van der Waals surface area contributed by atoms with Crippen molar-refractivity contribution in [2.45, 2.75) is 18.7 Å². The minimum Gasteiger partial charge on any atom is -0.0887 e. The van der Waals surface area contributed by atoms with E-state index in [1.807, 2.05) is 0 Å². The van der Waals surface area contributed by atoms with E-state index in [1.165, 1.54) is 0 Å². The van der Waals surface area contributed by atoms with Crippen LogP contribution in [0.1, 0.15) is 13.8 Å². The van der Waals surface area contributed by atoms with Crippen molar-refractivity contribution in [3.63, 3.8) is 0 Å². The van der Waals surface area contributed by atoms with E-state index in [0.29, 0.717) is 10.7 Å². The molecular formula is C6H10Br2. The monoisotopic (exact) mass is 240 g/mol. The lowest BCUT2D eigenvalue weighted by Crippen LogP contribution is -2.04. The Morgan fingerprint density at radius 2 is 1.88 bits per heavy atom. The molecule has 0 aromatic heterocycles. The first kappa shape index (κ1) is 8.70. The van der Waals surface area contributed by atoms with Crippen LogP contribution in [0.15, 0.2) is 11.1 Å². The Morgan fingerprint density at radius 1 is 1.50 bits per heavy atom. The second kappa shape index (κ2) is 3.67. The maximum absolute atomic E-state index is 3.76. The molecular weight excluding hydrogens is 232 g/mol. The molecule has 1 unspecified atom stereocenters. The van der Waals surface area contributed by atoms with Crippen LogP contribution >= 0.6 is 31.9 Å². The highest BCUT2D eigenvalue weighted by Crippen LogP contribution is 2.22. The van der Waals surface area contributed by atoms with Crippen LogP contribution in [0.4, 0.5) is 0 Å². The third-order valence-electron chi connectivity index (χ3n) is 1.18. The minimum atomic E-state index is 0.509. The Morgan fingerprint density at radius 3 is 1.88 bits per heavy atom. The van der Waals surface area contributed by atoms with E-state index in [-0.39, 0.29) is 0 Å². The highest BCUT2D eigenvalue weighted by molar-refractivity contribution is 9.12. The first-order valence-corrected chi connectivity index (χ1v) is 4.25. The van der Waals surface area contributed by atoms with Crippen LogP contribution < -0.4 is 0 Å². The van der Waals surface area contributed by atoms with Gasteiger partial charge in [-0.15, -0.1) is 0 Å². The van der Waals surface area contributed by atoms with Crippen molar-refractivity contribution < 1.29 is 0 Å². The molecule has 0 heterocycles. The topological polar surface area (TPSA) is 0 Å². The smallest absolute Gasteiger partial charge is 0.0188 e. The van der Waals surface area contributed by atoms with Crippen LogP contribution in [0.2, 0.25) is 0 Å². The van der Waals surface area contributed by atoms with Crippen LogP contribution in [0.5, 0.6) is 0 Å².